The normalized spacial score (nSPS) is 24.8. The lowest BCUT2D eigenvalue weighted by Crippen LogP contribution is -2.20. The Morgan fingerprint density at radius 3 is 2.91 bits per heavy atom. The molecule has 5 rings (SSSR count). The summed E-state index contributed by atoms with van der Waals surface area (Å²) in [5.41, 5.74) is 3.99. The van der Waals surface area contributed by atoms with Gasteiger partial charge in [-0.05, 0) is 54.9 Å². The minimum absolute atomic E-state index is 0.0919. The van der Waals surface area contributed by atoms with E-state index in [9.17, 15) is 9.90 Å². The third kappa shape index (κ3) is 3.96. The molecule has 3 aromatic rings. The highest BCUT2D eigenvalue weighted by Gasteiger charge is 2.31. The Morgan fingerprint density at radius 1 is 1.25 bits per heavy atom. The number of hydrogen-bond acceptors (Lipinski definition) is 7. The van der Waals surface area contributed by atoms with Gasteiger partial charge in [0.15, 0.2) is 0 Å². The predicted octanol–water partition coefficient (Wildman–Crippen LogP) is 4.31. The highest BCUT2D eigenvalue weighted by Crippen LogP contribution is 2.38. The summed E-state index contributed by atoms with van der Waals surface area (Å²) >= 11 is 1.48. The minimum Gasteiger partial charge on any atom is -0.393 e. The first-order valence-corrected chi connectivity index (χ1v) is 11.9. The number of aromatic nitrogens is 2. The molecular formula is C25H27N3O3S. The van der Waals surface area contributed by atoms with Crippen LogP contribution in [0.15, 0.2) is 42.9 Å². The molecule has 2 N–H and O–H groups in total. The molecule has 32 heavy (non-hydrogen) atoms. The number of anilines is 1. The predicted molar refractivity (Wildman–Crippen MR) is 124 cm³/mol. The molecule has 1 fully saturated rings. The van der Waals surface area contributed by atoms with Crippen molar-refractivity contribution in [1.82, 2.24) is 9.97 Å². The number of thiophene rings is 1. The zero-order valence-electron chi connectivity index (χ0n) is 18.2. The van der Waals surface area contributed by atoms with E-state index in [0.29, 0.717) is 29.3 Å². The van der Waals surface area contributed by atoms with Gasteiger partial charge in [-0.2, -0.15) is 0 Å². The van der Waals surface area contributed by atoms with E-state index in [0.717, 1.165) is 23.3 Å². The van der Waals surface area contributed by atoms with Crippen LogP contribution in [-0.4, -0.2) is 39.6 Å². The van der Waals surface area contributed by atoms with Gasteiger partial charge in [-0.25, -0.2) is 9.97 Å². The van der Waals surface area contributed by atoms with E-state index in [4.69, 9.17) is 4.74 Å². The van der Waals surface area contributed by atoms with Gasteiger partial charge in [0, 0.05) is 17.1 Å². The Kier molecular flexibility index (Phi) is 5.80. The van der Waals surface area contributed by atoms with Crippen LogP contribution in [0.25, 0.3) is 0 Å². The van der Waals surface area contributed by atoms with Gasteiger partial charge in [0.05, 0.1) is 23.2 Å². The summed E-state index contributed by atoms with van der Waals surface area (Å²) < 4.78 is 6.14. The van der Waals surface area contributed by atoms with Crippen molar-refractivity contribution in [2.75, 3.05) is 11.9 Å². The average Bonchev–Trinajstić information content (AvgIpc) is 3.34. The molecule has 4 atom stereocenters. The second kappa shape index (κ2) is 8.73. The summed E-state index contributed by atoms with van der Waals surface area (Å²) in [5.74, 6) is 0.667. The van der Waals surface area contributed by atoms with Crippen molar-refractivity contribution in [3.05, 3.63) is 74.9 Å². The van der Waals surface area contributed by atoms with Crippen molar-refractivity contribution in [1.29, 1.82) is 0 Å². The number of ketones is 1. The van der Waals surface area contributed by atoms with Gasteiger partial charge >= 0.3 is 0 Å². The van der Waals surface area contributed by atoms with Gasteiger partial charge in [0.1, 0.15) is 18.2 Å². The maximum atomic E-state index is 13.5. The number of ether oxygens (including phenoxy) is 1. The van der Waals surface area contributed by atoms with Crippen LogP contribution < -0.4 is 5.32 Å². The van der Waals surface area contributed by atoms with Gasteiger partial charge in [-0.15, -0.1) is 11.3 Å². The molecule has 1 aromatic carbocycles. The van der Waals surface area contributed by atoms with Crippen molar-refractivity contribution in [3.63, 3.8) is 0 Å². The van der Waals surface area contributed by atoms with Crippen LogP contribution in [0.4, 0.5) is 5.82 Å². The number of fused-ring (bicyclic) bond motifs is 1. The van der Waals surface area contributed by atoms with E-state index in [-0.39, 0.29) is 30.0 Å². The molecule has 2 aliphatic rings. The van der Waals surface area contributed by atoms with Crippen LogP contribution in [0.1, 0.15) is 62.7 Å². The third-order valence-corrected chi connectivity index (χ3v) is 7.66. The quantitative estimate of drug-likeness (QED) is 0.565. The highest BCUT2D eigenvalue weighted by atomic mass is 32.1. The summed E-state index contributed by atoms with van der Waals surface area (Å²) in [5, 5.41) is 13.4. The van der Waals surface area contributed by atoms with Crippen LogP contribution in [0.5, 0.6) is 0 Å². The summed E-state index contributed by atoms with van der Waals surface area (Å²) in [6, 6.07) is 10.4. The first-order chi connectivity index (χ1) is 15.5. The molecule has 166 valence electrons. The molecule has 0 bridgehead atoms. The fourth-order valence-electron chi connectivity index (χ4n) is 4.80. The SMILES string of the molecule is Cc1sc(C(=O)c2cncnc2N[C@@H]2C[C@@H](C)[C@@H](O)C2)cc1[C@H]1OCCc2ccccc21. The molecule has 7 heteroatoms. The Bertz CT molecular complexity index is 1130. The number of nitrogens with one attached hydrogen (secondary N) is 1. The number of aliphatic hydroxyl groups excluding tert-OH is 1. The van der Waals surface area contributed by atoms with Crippen LogP contribution in [0.2, 0.25) is 0 Å². The standard InChI is InChI=1S/C25H27N3O3S/c1-14-9-17(10-21(14)29)28-25-20(12-26-13-27-25)23(30)22-11-19(15(2)32-22)24-18-6-4-3-5-16(18)7-8-31-24/h3-6,11-14,17,21,24,29H,7-10H2,1-2H3,(H,26,27,28)/t14-,17-,21+,24+/m1/s1. The van der Waals surface area contributed by atoms with Crippen LogP contribution in [0.3, 0.4) is 0 Å². The van der Waals surface area contributed by atoms with Gasteiger partial charge in [0.2, 0.25) is 5.78 Å². The third-order valence-electron chi connectivity index (χ3n) is 6.59. The molecule has 1 aliphatic heterocycles. The topological polar surface area (TPSA) is 84.3 Å². The summed E-state index contributed by atoms with van der Waals surface area (Å²) in [4.78, 5) is 23.6. The Morgan fingerprint density at radius 2 is 2.09 bits per heavy atom. The lowest BCUT2D eigenvalue weighted by molar-refractivity contribution is 0.0697. The molecule has 1 aliphatic carbocycles. The number of benzene rings is 1. The van der Waals surface area contributed by atoms with Crippen molar-refractivity contribution >= 4 is 22.9 Å². The first-order valence-electron chi connectivity index (χ1n) is 11.1. The largest absolute Gasteiger partial charge is 0.393 e. The number of nitrogens with zero attached hydrogens (tertiary/aromatic N) is 2. The average molecular weight is 450 g/mol. The number of carbonyl (C=O) groups excluding carboxylic acids is 1. The molecule has 0 spiro atoms. The monoisotopic (exact) mass is 449 g/mol. The van der Waals surface area contributed by atoms with Gasteiger partial charge in [-0.3, -0.25) is 4.79 Å². The van der Waals surface area contributed by atoms with Gasteiger partial charge in [-0.1, -0.05) is 31.2 Å². The Labute approximate surface area is 191 Å². The molecule has 6 nitrogen and oxygen atoms in total. The summed E-state index contributed by atoms with van der Waals surface area (Å²) in [6.07, 6.45) is 4.96. The second-order valence-corrected chi connectivity index (χ2v) is 10.0. The van der Waals surface area contributed by atoms with E-state index in [1.165, 1.54) is 28.8 Å². The van der Waals surface area contributed by atoms with Crippen molar-refractivity contribution < 1.29 is 14.6 Å². The van der Waals surface area contributed by atoms with E-state index < -0.39 is 0 Å². The molecule has 0 unspecified atom stereocenters. The van der Waals surface area contributed by atoms with Crippen LogP contribution in [-0.2, 0) is 11.2 Å². The van der Waals surface area contributed by atoms with Crippen molar-refractivity contribution in [2.45, 2.75) is 51.4 Å². The van der Waals surface area contributed by atoms with Crippen LogP contribution in [0, 0.1) is 12.8 Å². The fourth-order valence-corrected chi connectivity index (χ4v) is 5.80. The Hall–Kier alpha value is -2.61. The van der Waals surface area contributed by atoms with E-state index in [2.05, 4.69) is 33.5 Å². The van der Waals surface area contributed by atoms with Gasteiger partial charge in [0.25, 0.3) is 0 Å². The van der Waals surface area contributed by atoms with E-state index >= 15 is 0 Å². The van der Waals surface area contributed by atoms with Gasteiger partial charge < -0.3 is 15.2 Å². The zero-order chi connectivity index (χ0) is 22.2. The molecule has 0 saturated heterocycles. The summed E-state index contributed by atoms with van der Waals surface area (Å²) in [7, 11) is 0. The zero-order valence-corrected chi connectivity index (χ0v) is 19.1. The minimum atomic E-state index is -0.325. The molecule has 0 radical (unpaired) electrons. The lowest BCUT2D eigenvalue weighted by Gasteiger charge is -2.26. The molecule has 0 amide bonds. The molecule has 2 aromatic heterocycles. The maximum absolute atomic E-state index is 13.5. The number of aryl methyl sites for hydroxylation is 1. The Balaban J connectivity index is 1.42. The number of carbonyl (C=O) groups is 1. The highest BCUT2D eigenvalue weighted by molar-refractivity contribution is 7.14. The number of hydrogen-bond donors (Lipinski definition) is 2. The van der Waals surface area contributed by atoms with Crippen LogP contribution >= 0.6 is 11.3 Å². The fraction of sp³-hybridized carbons (Fsp3) is 0.400. The first kappa shape index (κ1) is 21.2. The van der Waals surface area contributed by atoms with Crippen molar-refractivity contribution in [2.24, 2.45) is 5.92 Å². The molecular weight excluding hydrogens is 422 g/mol. The smallest absolute Gasteiger partial charge is 0.208 e. The number of aliphatic hydroxyl groups is 1. The van der Waals surface area contributed by atoms with Crippen molar-refractivity contribution in [3.8, 4) is 0 Å². The molecule has 3 heterocycles. The van der Waals surface area contributed by atoms with E-state index in [1.54, 1.807) is 6.20 Å². The maximum Gasteiger partial charge on any atom is 0.208 e. The van der Waals surface area contributed by atoms with E-state index in [1.807, 2.05) is 26.0 Å². The second-order valence-electron chi connectivity index (χ2n) is 8.79. The molecule has 1 saturated carbocycles. The lowest BCUT2D eigenvalue weighted by atomic mass is 9.93. The summed E-state index contributed by atoms with van der Waals surface area (Å²) in [6.45, 7) is 4.76. The number of rotatable bonds is 5.